The van der Waals surface area contributed by atoms with Gasteiger partial charge in [-0.05, 0) is 27.7 Å². The summed E-state index contributed by atoms with van der Waals surface area (Å²) in [6, 6.07) is 1.18. The van der Waals surface area contributed by atoms with E-state index in [0.717, 1.165) is 0 Å². The van der Waals surface area contributed by atoms with Crippen molar-refractivity contribution in [2.24, 2.45) is 5.73 Å². The van der Waals surface area contributed by atoms with E-state index in [-0.39, 0.29) is 12.2 Å². The fraction of sp³-hybridized carbons (Fsp3) is 0.923. The molecule has 3 aliphatic heterocycles. The lowest BCUT2D eigenvalue weighted by atomic mass is 9.95. The van der Waals surface area contributed by atoms with Crippen LogP contribution in [-0.2, 0) is 23.7 Å². The van der Waals surface area contributed by atoms with Crippen molar-refractivity contribution < 1.29 is 23.7 Å². The zero-order valence-corrected chi connectivity index (χ0v) is 12.0. The van der Waals surface area contributed by atoms with Gasteiger partial charge in [0.1, 0.15) is 30.5 Å². The number of hydrogen-bond acceptors (Lipinski definition) is 7. The lowest BCUT2D eigenvalue weighted by molar-refractivity contribution is -0.235. The molecular formula is C13H20N2O5. The average molecular weight is 284 g/mol. The Kier molecular flexibility index (Phi) is 3.10. The topological polar surface area (TPSA) is 96.0 Å². The van der Waals surface area contributed by atoms with E-state index >= 15 is 0 Å². The smallest absolute Gasteiger partial charge is 0.190 e. The van der Waals surface area contributed by atoms with Crippen LogP contribution >= 0.6 is 0 Å². The number of nitrogens with zero attached hydrogens (tertiary/aromatic N) is 1. The summed E-state index contributed by atoms with van der Waals surface area (Å²) < 4.78 is 29.1. The van der Waals surface area contributed by atoms with Crippen molar-refractivity contribution in [1.82, 2.24) is 0 Å². The Labute approximate surface area is 117 Å². The van der Waals surface area contributed by atoms with Gasteiger partial charge in [0.2, 0.25) is 0 Å². The molecule has 3 fully saturated rings. The largest absolute Gasteiger partial charge is 0.342 e. The highest BCUT2D eigenvalue weighted by Gasteiger charge is 2.61. The zero-order chi connectivity index (χ0) is 14.7. The Hall–Kier alpha value is -0.750. The molecule has 6 atom stereocenters. The second-order valence-electron chi connectivity index (χ2n) is 6.29. The molecule has 0 aliphatic carbocycles. The number of rotatable bonds is 1. The molecule has 3 aliphatic rings. The maximum atomic E-state index is 9.06. The van der Waals surface area contributed by atoms with Gasteiger partial charge in [-0.1, -0.05) is 0 Å². The molecule has 0 aromatic heterocycles. The number of nitriles is 1. The standard InChI is InChI=1S/C13H20N2O5/c1-12(2)17-8-7(6(15)5-14)16-11-10(9(8)18-12)19-13(3,4)20-11/h6-11H,15H2,1-4H3/t6-,7+,8-,9-,10+,11+/m0/s1. The second-order valence-corrected chi connectivity index (χ2v) is 6.29. The van der Waals surface area contributed by atoms with E-state index in [0.29, 0.717) is 0 Å². The maximum Gasteiger partial charge on any atom is 0.190 e. The highest BCUT2D eigenvalue weighted by molar-refractivity contribution is 5.07. The predicted molar refractivity (Wildman–Crippen MR) is 66.1 cm³/mol. The summed E-state index contributed by atoms with van der Waals surface area (Å²) in [7, 11) is 0. The molecule has 0 radical (unpaired) electrons. The van der Waals surface area contributed by atoms with Crippen LogP contribution in [0.25, 0.3) is 0 Å². The molecule has 20 heavy (non-hydrogen) atoms. The first kappa shape index (κ1) is 14.2. The quantitative estimate of drug-likeness (QED) is 0.736. The van der Waals surface area contributed by atoms with Crippen molar-refractivity contribution in [1.29, 1.82) is 5.26 Å². The molecule has 0 spiro atoms. The van der Waals surface area contributed by atoms with Crippen LogP contribution in [0.3, 0.4) is 0 Å². The van der Waals surface area contributed by atoms with Crippen LogP contribution in [0.15, 0.2) is 0 Å². The molecule has 3 rings (SSSR count). The lowest BCUT2D eigenvalue weighted by Gasteiger charge is -2.38. The molecule has 0 aromatic rings. The minimum atomic E-state index is -0.812. The van der Waals surface area contributed by atoms with E-state index in [1.807, 2.05) is 33.8 Å². The van der Waals surface area contributed by atoms with Crippen LogP contribution in [0, 0.1) is 11.3 Å². The number of nitrogens with two attached hydrogens (primary N) is 1. The maximum absolute atomic E-state index is 9.06. The third-order valence-corrected chi connectivity index (χ3v) is 3.69. The van der Waals surface area contributed by atoms with Gasteiger partial charge < -0.3 is 29.4 Å². The summed E-state index contributed by atoms with van der Waals surface area (Å²) in [6.07, 6.45) is -2.41. The van der Waals surface area contributed by atoms with E-state index in [2.05, 4.69) is 0 Å². The summed E-state index contributed by atoms with van der Waals surface area (Å²) in [5.74, 6) is -1.53. The molecule has 0 saturated carbocycles. The van der Waals surface area contributed by atoms with E-state index < -0.39 is 36.1 Å². The van der Waals surface area contributed by atoms with Crippen LogP contribution in [0.5, 0.6) is 0 Å². The summed E-state index contributed by atoms with van der Waals surface area (Å²) in [5, 5.41) is 9.06. The first-order valence-corrected chi connectivity index (χ1v) is 6.74. The Morgan fingerprint density at radius 2 is 1.50 bits per heavy atom. The third-order valence-electron chi connectivity index (χ3n) is 3.69. The Morgan fingerprint density at radius 3 is 2.15 bits per heavy atom. The first-order chi connectivity index (χ1) is 9.22. The lowest BCUT2D eigenvalue weighted by Crippen LogP contribution is -2.59. The molecular weight excluding hydrogens is 264 g/mol. The molecule has 2 N–H and O–H groups in total. The van der Waals surface area contributed by atoms with Gasteiger partial charge in [-0.3, -0.25) is 0 Å². The van der Waals surface area contributed by atoms with Crippen molar-refractivity contribution in [2.75, 3.05) is 0 Å². The monoisotopic (exact) mass is 284 g/mol. The molecule has 112 valence electrons. The molecule has 3 heterocycles. The number of hydrogen-bond donors (Lipinski definition) is 1. The third kappa shape index (κ3) is 2.22. The van der Waals surface area contributed by atoms with Crippen LogP contribution < -0.4 is 5.73 Å². The van der Waals surface area contributed by atoms with Crippen molar-refractivity contribution in [3.8, 4) is 6.07 Å². The van der Waals surface area contributed by atoms with Gasteiger partial charge in [0.05, 0.1) is 6.07 Å². The summed E-state index contributed by atoms with van der Waals surface area (Å²) in [4.78, 5) is 0. The molecule has 0 bridgehead atoms. The highest BCUT2D eigenvalue weighted by Crippen LogP contribution is 2.44. The van der Waals surface area contributed by atoms with E-state index in [4.69, 9.17) is 34.7 Å². The highest BCUT2D eigenvalue weighted by atomic mass is 16.9. The van der Waals surface area contributed by atoms with Crippen LogP contribution in [-0.4, -0.2) is 48.3 Å². The Balaban J connectivity index is 1.90. The molecule has 7 heteroatoms. The van der Waals surface area contributed by atoms with Crippen molar-refractivity contribution in [3.05, 3.63) is 0 Å². The van der Waals surface area contributed by atoms with Gasteiger partial charge in [-0.15, -0.1) is 0 Å². The van der Waals surface area contributed by atoms with Crippen LogP contribution in [0.1, 0.15) is 27.7 Å². The summed E-state index contributed by atoms with van der Waals surface area (Å²) in [6.45, 7) is 7.25. The van der Waals surface area contributed by atoms with Gasteiger partial charge in [-0.25, -0.2) is 0 Å². The van der Waals surface area contributed by atoms with Crippen molar-refractivity contribution in [2.45, 2.75) is 76.0 Å². The molecule has 7 nitrogen and oxygen atoms in total. The van der Waals surface area contributed by atoms with Gasteiger partial charge in [-0.2, -0.15) is 5.26 Å². The summed E-state index contributed by atoms with van der Waals surface area (Å²) in [5.41, 5.74) is 5.82. The van der Waals surface area contributed by atoms with Gasteiger partial charge >= 0.3 is 0 Å². The fourth-order valence-electron chi connectivity index (χ4n) is 3.01. The van der Waals surface area contributed by atoms with Gasteiger partial charge in [0.15, 0.2) is 17.9 Å². The summed E-state index contributed by atoms with van der Waals surface area (Å²) >= 11 is 0. The minimum Gasteiger partial charge on any atom is -0.342 e. The number of fused-ring (bicyclic) bond motifs is 3. The fourth-order valence-corrected chi connectivity index (χ4v) is 3.01. The molecule has 3 saturated heterocycles. The molecule has 0 amide bonds. The SMILES string of the molecule is CC1(C)O[C@@H]2[C@H](O1)[C@H]1OC(C)(C)O[C@H]1O[C@@H]2[C@@H](N)C#N. The molecule has 0 aromatic carbocycles. The van der Waals surface area contributed by atoms with Crippen molar-refractivity contribution in [3.63, 3.8) is 0 Å². The number of ether oxygens (including phenoxy) is 5. The van der Waals surface area contributed by atoms with Gasteiger partial charge in [0, 0.05) is 0 Å². The second kappa shape index (κ2) is 4.37. The van der Waals surface area contributed by atoms with E-state index in [1.165, 1.54) is 0 Å². The Bertz CT molecular complexity index is 447. The normalized spacial score (nSPS) is 46.3. The van der Waals surface area contributed by atoms with Crippen LogP contribution in [0.4, 0.5) is 0 Å². The van der Waals surface area contributed by atoms with E-state index in [1.54, 1.807) is 0 Å². The van der Waals surface area contributed by atoms with E-state index in [9.17, 15) is 0 Å². The van der Waals surface area contributed by atoms with Crippen LogP contribution in [0.2, 0.25) is 0 Å². The zero-order valence-electron chi connectivity index (χ0n) is 12.0. The molecule has 0 unspecified atom stereocenters. The predicted octanol–water partition coefficient (Wildman–Crippen LogP) is 0.234. The van der Waals surface area contributed by atoms with Gasteiger partial charge in [0.25, 0.3) is 0 Å². The average Bonchev–Trinajstić information content (AvgIpc) is 2.81. The minimum absolute atomic E-state index is 0.366. The van der Waals surface area contributed by atoms with Crippen molar-refractivity contribution >= 4 is 0 Å². The Morgan fingerprint density at radius 1 is 0.950 bits per heavy atom. The first-order valence-electron chi connectivity index (χ1n) is 6.74.